The molecular weight excluding hydrogens is 717 g/mol. The van der Waals surface area contributed by atoms with Crippen LogP contribution in [0.2, 0.25) is 0 Å². The lowest BCUT2D eigenvalue weighted by molar-refractivity contribution is -0.870. The van der Waals surface area contributed by atoms with Gasteiger partial charge in [0, 0.05) is 12.8 Å². The number of esters is 2. The van der Waals surface area contributed by atoms with Crippen LogP contribution in [0.5, 0.6) is 0 Å². The van der Waals surface area contributed by atoms with Crippen LogP contribution in [0.1, 0.15) is 149 Å². The van der Waals surface area contributed by atoms with Crippen LogP contribution < -0.4 is 4.89 Å². The van der Waals surface area contributed by atoms with E-state index in [2.05, 4.69) is 32.1 Å². The van der Waals surface area contributed by atoms with Crippen molar-refractivity contribution in [1.29, 1.82) is 0 Å². The number of aliphatic hydroxyl groups excluding tert-OH is 1. The van der Waals surface area contributed by atoms with E-state index in [1.165, 1.54) is 44.9 Å². The van der Waals surface area contributed by atoms with E-state index < -0.39 is 38.6 Å². The van der Waals surface area contributed by atoms with Gasteiger partial charge in [0.05, 0.1) is 33.9 Å². The number of rotatable bonds is 37. The molecule has 55 heavy (non-hydrogen) atoms. The Morgan fingerprint density at radius 3 is 1.95 bits per heavy atom. The lowest BCUT2D eigenvalue weighted by atomic mass is 10.1. The number of carbonyl (C=O) groups is 2. The third kappa shape index (κ3) is 39.7. The van der Waals surface area contributed by atoms with E-state index in [-0.39, 0.29) is 26.1 Å². The van der Waals surface area contributed by atoms with Crippen LogP contribution in [0, 0.1) is 0 Å². The summed E-state index contributed by atoms with van der Waals surface area (Å²) in [6.45, 7) is 3.99. The number of phosphoric ester groups is 1. The quantitative estimate of drug-likeness (QED) is 0.0163. The molecule has 0 aliphatic rings. The first-order chi connectivity index (χ1) is 26.4. The van der Waals surface area contributed by atoms with E-state index in [1.54, 1.807) is 6.08 Å². The van der Waals surface area contributed by atoms with Crippen molar-refractivity contribution in [3.63, 3.8) is 0 Å². The number of carbonyl (C=O) groups excluding carboxylic acids is 2. The standard InChI is InChI=1S/C44H78NO9P/c1-6-8-10-12-14-15-16-17-18-19-23-28-32-36-44(48)54-42(40-53-55(49,50)52-38-37-45(3,4)5)39-51-43(47)35-31-27-24-20-22-26-30-34-41(46)33-29-25-21-13-11-9-7-2/h15-16,20-21,24-26,29-30,33,41-42,46H,6-14,17-19,22-23,27-28,31-32,34-40H2,1-5H3/b16-15-,24-20+,25-21-,30-26-,33-29-/t41-,42-/m1/s1. The molecule has 0 bridgehead atoms. The summed E-state index contributed by atoms with van der Waals surface area (Å²) in [5.41, 5.74) is 0. The second kappa shape index (κ2) is 36.0. The molecule has 10 nitrogen and oxygen atoms in total. The molecule has 0 heterocycles. The van der Waals surface area contributed by atoms with E-state index >= 15 is 0 Å². The summed E-state index contributed by atoms with van der Waals surface area (Å²) in [6.07, 6.45) is 38.5. The SMILES string of the molecule is CCCCC/C=C\C=C/[C@@H](O)C/C=C\C/C=C/CCCC(=O)OC[C@H](COP(=O)([O-])OCC[N+](C)(C)C)OC(=O)CCCCCCC/C=C\CCCCCC. The highest BCUT2D eigenvalue weighted by atomic mass is 31.2. The molecule has 0 saturated carbocycles. The van der Waals surface area contributed by atoms with Crippen LogP contribution in [-0.4, -0.2) is 81.2 Å². The Hall–Kier alpha value is -2.33. The van der Waals surface area contributed by atoms with Crippen LogP contribution in [0.25, 0.3) is 0 Å². The third-order valence-corrected chi connectivity index (χ3v) is 9.55. The number of aliphatic hydroxyl groups is 1. The Bertz CT molecular complexity index is 1140. The van der Waals surface area contributed by atoms with E-state index in [1.807, 2.05) is 57.6 Å². The fraction of sp³-hybridized carbons (Fsp3) is 0.727. The smallest absolute Gasteiger partial charge is 0.306 e. The topological polar surface area (TPSA) is 131 Å². The third-order valence-electron chi connectivity index (χ3n) is 8.59. The minimum absolute atomic E-state index is 0.0537. The normalized spacial score (nSPS) is 14.8. The minimum atomic E-state index is -4.65. The van der Waals surface area contributed by atoms with Crippen molar-refractivity contribution in [2.24, 2.45) is 0 Å². The highest BCUT2D eigenvalue weighted by Gasteiger charge is 2.21. The predicted octanol–water partition coefficient (Wildman–Crippen LogP) is 10.0. The van der Waals surface area contributed by atoms with Gasteiger partial charge in [-0.25, -0.2) is 0 Å². The lowest BCUT2D eigenvalue weighted by Crippen LogP contribution is -2.37. The van der Waals surface area contributed by atoms with Gasteiger partial charge in [-0.3, -0.25) is 14.2 Å². The van der Waals surface area contributed by atoms with Gasteiger partial charge in [-0.15, -0.1) is 0 Å². The number of nitrogens with zero attached hydrogens (tertiary/aromatic N) is 1. The zero-order chi connectivity index (χ0) is 40.9. The molecule has 0 fully saturated rings. The zero-order valence-corrected chi connectivity index (χ0v) is 36.1. The van der Waals surface area contributed by atoms with Crippen molar-refractivity contribution in [3.8, 4) is 0 Å². The van der Waals surface area contributed by atoms with Gasteiger partial charge in [0.15, 0.2) is 6.10 Å². The molecule has 0 radical (unpaired) electrons. The largest absolute Gasteiger partial charge is 0.756 e. The molecular formula is C44H78NO9P. The van der Waals surface area contributed by atoms with Crippen LogP contribution >= 0.6 is 7.82 Å². The Morgan fingerprint density at radius 2 is 1.24 bits per heavy atom. The number of hydrogen-bond donors (Lipinski definition) is 1. The van der Waals surface area contributed by atoms with E-state index in [0.717, 1.165) is 51.4 Å². The summed E-state index contributed by atoms with van der Waals surface area (Å²) in [7, 11) is 1.09. The maximum Gasteiger partial charge on any atom is 0.306 e. The molecule has 0 aliphatic heterocycles. The Kier molecular flexibility index (Phi) is 34.5. The predicted molar refractivity (Wildman–Crippen MR) is 223 cm³/mol. The number of phosphoric acid groups is 1. The van der Waals surface area contributed by atoms with Crippen LogP contribution in [0.15, 0.2) is 60.8 Å². The lowest BCUT2D eigenvalue weighted by Gasteiger charge is -2.28. The number of likely N-dealkylation sites (N-methyl/N-ethyl adjacent to an activating group) is 1. The number of hydrogen-bond acceptors (Lipinski definition) is 9. The van der Waals surface area contributed by atoms with Gasteiger partial charge in [0.25, 0.3) is 7.82 Å². The number of ether oxygens (including phenoxy) is 2. The van der Waals surface area contributed by atoms with Crippen LogP contribution in [0.4, 0.5) is 0 Å². The second-order valence-electron chi connectivity index (χ2n) is 15.2. The van der Waals surface area contributed by atoms with Crippen molar-refractivity contribution in [3.05, 3.63) is 60.8 Å². The van der Waals surface area contributed by atoms with Crippen molar-refractivity contribution in [1.82, 2.24) is 0 Å². The fourth-order valence-corrected chi connectivity index (χ4v) is 5.92. The van der Waals surface area contributed by atoms with Gasteiger partial charge in [-0.2, -0.15) is 0 Å². The summed E-state index contributed by atoms with van der Waals surface area (Å²) in [5.74, 6) is -0.958. The molecule has 11 heteroatoms. The van der Waals surface area contributed by atoms with Gasteiger partial charge in [0.2, 0.25) is 0 Å². The molecule has 0 spiro atoms. The van der Waals surface area contributed by atoms with Crippen molar-refractivity contribution < 1.29 is 47.2 Å². The van der Waals surface area contributed by atoms with Gasteiger partial charge in [-0.05, 0) is 70.6 Å². The van der Waals surface area contributed by atoms with E-state index in [0.29, 0.717) is 36.7 Å². The van der Waals surface area contributed by atoms with E-state index in [9.17, 15) is 24.2 Å². The first kappa shape index (κ1) is 52.7. The molecule has 318 valence electrons. The average molecular weight is 796 g/mol. The van der Waals surface area contributed by atoms with E-state index in [4.69, 9.17) is 18.5 Å². The number of allylic oxidation sites excluding steroid dienone is 8. The fourth-order valence-electron chi connectivity index (χ4n) is 5.19. The van der Waals surface area contributed by atoms with Crippen LogP contribution in [-0.2, 0) is 32.7 Å². The minimum Gasteiger partial charge on any atom is -0.756 e. The second-order valence-corrected chi connectivity index (χ2v) is 16.6. The molecule has 1 N–H and O–H groups in total. The maximum atomic E-state index is 12.6. The maximum absolute atomic E-state index is 12.6. The zero-order valence-electron chi connectivity index (χ0n) is 35.2. The summed E-state index contributed by atoms with van der Waals surface area (Å²) >= 11 is 0. The first-order valence-electron chi connectivity index (χ1n) is 21.1. The summed E-state index contributed by atoms with van der Waals surface area (Å²) in [4.78, 5) is 37.4. The Balaban J connectivity index is 4.56. The van der Waals surface area contributed by atoms with Crippen molar-refractivity contribution >= 4 is 19.8 Å². The summed E-state index contributed by atoms with van der Waals surface area (Å²) in [6, 6.07) is 0. The molecule has 0 amide bonds. The molecule has 3 atom stereocenters. The van der Waals surface area contributed by atoms with Crippen molar-refractivity contribution in [2.45, 2.75) is 161 Å². The molecule has 1 unspecified atom stereocenters. The highest BCUT2D eigenvalue weighted by Crippen LogP contribution is 2.38. The Labute approximate surface area is 335 Å². The molecule has 0 aromatic rings. The van der Waals surface area contributed by atoms with Gasteiger partial charge in [0.1, 0.15) is 19.8 Å². The van der Waals surface area contributed by atoms with Crippen LogP contribution in [0.3, 0.4) is 0 Å². The monoisotopic (exact) mass is 796 g/mol. The highest BCUT2D eigenvalue weighted by molar-refractivity contribution is 7.45. The Morgan fingerprint density at radius 1 is 0.673 bits per heavy atom. The van der Waals surface area contributed by atoms with Gasteiger partial charge in [-0.1, -0.05) is 126 Å². The van der Waals surface area contributed by atoms with Gasteiger partial charge < -0.3 is 33.0 Å². The molecule has 0 aliphatic carbocycles. The average Bonchev–Trinajstić information content (AvgIpc) is 3.13. The number of quaternary nitrogens is 1. The molecule has 0 aromatic carbocycles. The van der Waals surface area contributed by atoms with Crippen molar-refractivity contribution in [2.75, 3.05) is 47.5 Å². The first-order valence-corrected chi connectivity index (χ1v) is 22.6. The van der Waals surface area contributed by atoms with Gasteiger partial charge >= 0.3 is 11.9 Å². The summed E-state index contributed by atoms with van der Waals surface area (Å²) < 4.78 is 33.7. The molecule has 0 rings (SSSR count). The molecule has 0 aromatic heterocycles. The summed E-state index contributed by atoms with van der Waals surface area (Å²) in [5, 5.41) is 10.1. The molecule has 0 saturated heterocycles. The number of unbranched alkanes of at least 4 members (excludes halogenated alkanes) is 13.